The van der Waals surface area contributed by atoms with Crippen molar-refractivity contribution in [1.29, 1.82) is 0 Å². The minimum Gasteiger partial charge on any atom is -0.496 e. The van der Waals surface area contributed by atoms with Gasteiger partial charge < -0.3 is 19.3 Å². The predicted octanol–water partition coefficient (Wildman–Crippen LogP) is 2.55. The Morgan fingerprint density at radius 3 is 2.22 bits per heavy atom. The Morgan fingerprint density at radius 1 is 1.11 bits per heavy atom. The molecule has 0 saturated heterocycles. The number of aliphatic hydroxyl groups excluding tert-OH is 1. The summed E-state index contributed by atoms with van der Waals surface area (Å²) in [6.07, 6.45) is 0.859. The van der Waals surface area contributed by atoms with E-state index in [1.807, 2.05) is 18.2 Å². The van der Waals surface area contributed by atoms with E-state index in [2.05, 4.69) is 6.92 Å². The highest BCUT2D eigenvalue weighted by atomic mass is 16.5. The fourth-order valence-corrected chi connectivity index (χ4v) is 1.79. The lowest BCUT2D eigenvalue weighted by molar-refractivity contribution is 0.0798. The van der Waals surface area contributed by atoms with Gasteiger partial charge in [0, 0.05) is 19.6 Å². The van der Waals surface area contributed by atoms with E-state index in [0.29, 0.717) is 30.1 Å². The quantitative estimate of drug-likeness (QED) is 0.724. The second kappa shape index (κ2) is 7.95. The van der Waals surface area contributed by atoms with Crippen LogP contribution < -0.4 is 9.47 Å². The van der Waals surface area contributed by atoms with Gasteiger partial charge in [-0.3, -0.25) is 0 Å². The van der Waals surface area contributed by atoms with Crippen LogP contribution in [-0.2, 0) is 4.74 Å². The van der Waals surface area contributed by atoms with Crippen molar-refractivity contribution in [3.05, 3.63) is 23.8 Å². The lowest BCUT2D eigenvalue weighted by atomic mass is 10.0. The van der Waals surface area contributed by atoms with Crippen molar-refractivity contribution in [2.75, 3.05) is 27.4 Å². The maximum absolute atomic E-state index is 10.2. The van der Waals surface area contributed by atoms with Crippen LogP contribution in [0.2, 0.25) is 0 Å². The fraction of sp³-hybridized carbons (Fsp3) is 0.571. The zero-order chi connectivity index (χ0) is 13.4. The summed E-state index contributed by atoms with van der Waals surface area (Å²) >= 11 is 0. The van der Waals surface area contributed by atoms with Gasteiger partial charge >= 0.3 is 0 Å². The molecule has 0 fully saturated rings. The zero-order valence-corrected chi connectivity index (χ0v) is 11.3. The van der Waals surface area contributed by atoms with Crippen LogP contribution in [0.1, 0.15) is 31.4 Å². The normalized spacial score (nSPS) is 12.2. The van der Waals surface area contributed by atoms with E-state index in [1.165, 1.54) is 0 Å². The molecule has 102 valence electrons. The third-order valence-electron chi connectivity index (χ3n) is 2.68. The molecular weight excluding hydrogens is 232 g/mol. The molecule has 0 spiro atoms. The summed E-state index contributed by atoms with van der Waals surface area (Å²) in [5.41, 5.74) is 0.683. The number of rotatable bonds is 8. The molecule has 1 aromatic rings. The molecule has 18 heavy (non-hydrogen) atoms. The van der Waals surface area contributed by atoms with Crippen molar-refractivity contribution in [2.24, 2.45) is 0 Å². The first-order chi connectivity index (χ1) is 8.74. The van der Waals surface area contributed by atoms with Crippen LogP contribution in [0.25, 0.3) is 0 Å². The van der Waals surface area contributed by atoms with Gasteiger partial charge in [0.05, 0.1) is 25.9 Å². The molecule has 1 atom stereocenters. The third-order valence-corrected chi connectivity index (χ3v) is 2.68. The van der Waals surface area contributed by atoms with Crippen molar-refractivity contribution >= 4 is 0 Å². The Bertz CT molecular complexity index is 329. The van der Waals surface area contributed by atoms with E-state index >= 15 is 0 Å². The molecular formula is C14H22O4. The monoisotopic (exact) mass is 254 g/mol. The van der Waals surface area contributed by atoms with E-state index in [1.54, 1.807) is 14.2 Å². The summed E-state index contributed by atoms with van der Waals surface area (Å²) in [5.74, 6) is 1.27. The van der Waals surface area contributed by atoms with Gasteiger partial charge in [-0.05, 0) is 18.6 Å². The van der Waals surface area contributed by atoms with Crippen LogP contribution in [0.15, 0.2) is 18.2 Å². The molecule has 0 saturated carbocycles. The number of hydrogen-bond acceptors (Lipinski definition) is 4. The van der Waals surface area contributed by atoms with E-state index < -0.39 is 6.10 Å². The van der Waals surface area contributed by atoms with Gasteiger partial charge in [-0.1, -0.05) is 13.0 Å². The van der Waals surface area contributed by atoms with Gasteiger partial charge in [0.15, 0.2) is 0 Å². The summed E-state index contributed by atoms with van der Waals surface area (Å²) < 4.78 is 15.9. The third kappa shape index (κ3) is 3.89. The molecule has 0 bridgehead atoms. The lowest BCUT2D eigenvalue weighted by Gasteiger charge is -2.18. The van der Waals surface area contributed by atoms with Gasteiger partial charge in [-0.25, -0.2) is 0 Å². The summed E-state index contributed by atoms with van der Waals surface area (Å²) in [7, 11) is 3.16. The van der Waals surface area contributed by atoms with Crippen LogP contribution in [0.4, 0.5) is 0 Å². The fourth-order valence-electron chi connectivity index (χ4n) is 1.79. The zero-order valence-electron chi connectivity index (χ0n) is 11.3. The van der Waals surface area contributed by atoms with E-state index in [9.17, 15) is 5.11 Å². The van der Waals surface area contributed by atoms with Crippen LogP contribution in [-0.4, -0.2) is 32.5 Å². The van der Waals surface area contributed by atoms with Gasteiger partial charge in [-0.15, -0.1) is 0 Å². The first kappa shape index (κ1) is 14.8. The number of methoxy groups -OCH3 is 2. The predicted molar refractivity (Wildman–Crippen MR) is 70.2 cm³/mol. The maximum Gasteiger partial charge on any atom is 0.128 e. The second-order valence-corrected chi connectivity index (χ2v) is 3.99. The summed E-state index contributed by atoms with van der Waals surface area (Å²) in [5, 5.41) is 10.2. The smallest absolute Gasteiger partial charge is 0.128 e. The van der Waals surface area contributed by atoms with E-state index in [0.717, 1.165) is 13.0 Å². The molecule has 0 aromatic heterocycles. The lowest BCUT2D eigenvalue weighted by Crippen LogP contribution is -2.07. The molecule has 4 nitrogen and oxygen atoms in total. The van der Waals surface area contributed by atoms with Crippen LogP contribution in [0.3, 0.4) is 0 Å². The number of hydrogen-bond donors (Lipinski definition) is 1. The van der Waals surface area contributed by atoms with E-state index in [4.69, 9.17) is 14.2 Å². The van der Waals surface area contributed by atoms with Gasteiger partial charge in [0.1, 0.15) is 11.5 Å². The summed E-state index contributed by atoms with van der Waals surface area (Å²) in [4.78, 5) is 0. The van der Waals surface area contributed by atoms with Gasteiger partial charge in [-0.2, -0.15) is 0 Å². The molecule has 0 radical (unpaired) electrons. The summed E-state index contributed by atoms with van der Waals surface area (Å²) in [6.45, 7) is 3.30. The average Bonchev–Trinajstić information content (AvgIpc) is 2.42. The van der Waals surface area contributed by atoms with Crippen molar-refractivity contribution < 1.29 is 19.3 Å². The Morgan fingerprint density at radius 2 is 1.72 bits per heavy atom. The Hall–Kier alpha value is -1.26. The minimum atomic E-state index is -0.645. The molecule has 0 aliphatic carbocycles. The molecule has 0 aliphatic rings. The second-order valence-electron chi connectivity index (χ2n) is 3.99. The van der Waals surface area contributed by atoms with Gasteiger partial charge in [0.2, 0.25) is 0 Å². The SMILES string of the molecule is CCCOCCC(O)c1c(OC)cccc1OC. The first-order valence-corrected chi connectivity index (χ1v) is 6.21. The standard InChI is InChI=1S/C14H22O4/c1-4-9-18-10-8-11(15)14-12(16-2)6-5-7-13(14)17-3/h5-7,11,15H,4,8-10H2,1-3H3. The highest BCUT2D eigenvalue weighted by Gasteiger charge is 2.18. The average molecular weight is 254 g/mol. The number of benzene rings is 1. The Kier molecular flexibility index (Phi) is 6.54. The minimum absolute atomic E-state index is 0.524. The van der Waals surface area contributed by atoms with Gasteiger partial charge in [0.25, 0.3) is 0 Å². The van der Waals surface area contributed by atoms with Crippen molar-refractivity contribution in [2.45, 2.75) is 25.9 Å². The molecule has 1 aromatic carbocycles. The first-order valence-electron chi connectivity index (χ1n) is 6.21. The summed E-state index contributed by atoms with van der Waals surface area (Å²) in [6, 6.07) is 5.46. The maximum atomic E-state index is 10.2. The molecule has 1 rings (SSSR count). The largest absolute Gasteiger partial charge is 0.496 e. The topological polar surface area (TPSA) is 47.9 Å². The van der Waals surface area contributed by atoms with Crippen molar-refractivity contribution in [3.63, 3.8) is 0 Å². The van der Waals surface area contributed by atoms with Crippen LogP contribution in [0.5, 0.6) is 11.5 Å². The molecule has 0 aliphatic heterocycles. The Balaban J connectivity index is 2.73. The molecule has 1 N–H and O–H groups in total. The van der Waals surface area contributed by atoms with Crippen LogP contribution >= 0.6 is 0 Å². The highest BCUT2D eigenvalue weighted by Crippen LogP contribution is 2.35. The Labute approximate surface area is 108 Å². The molecule has 1 unspecified atom stereocenters. The molecule has 0 heterocycles. The molecule has 0 amide bonds. The van der Waals surface area contributed by atoms with Crippen molar-refractivity contribution in [3.8, 4) is 11.5 Å². The van der Waals surface area contributed by atoms with Crippen molar-refractivity contribution in [1.82, 2.24) is 0 Å². The highest BCUT2D eigenvalue weighted by molar-refractivity contribution is 5.46. The molecule has 4 heteroatoms. The van der Waals surface area contributed by atoms with E-state index in [-0.39, 0.29) is 0 Å². The number of ether oxygens (including phenoxy) is 3. The number of aliphatic hydroxyl groups is 1. The van der Waals surface area contributed by atoms with Crippen LogP contribution in [0, 0.1) is 0 Å².